The van der Waals surface area contributed by atoms with E-state index in [4.69, 9.17) is 5.73 Å². The molecular weight excluding hydrogens is 193 g/mol. The summed E-state index contributed by atoms with van der Waals surface area (Å²) < 4.78 is 35.5. The van der Waals surface area contributed by atoms with Crippen LogP contribution in [-0.2, 0) is 0 Å². The van der Waals surface area contributed by atoms with Gasteiger partial charge in [-0.05, 0) is 33.9 Å². The number of halogens is 3. The summed E-state index contributed by atoms with van der Waals surface area (Å²) in [6, 6.07) is 0. The predicted octanol–water partition coefficient (Wildman–Crippen LogP) is 2.00. The molecule has 0 heterocycles. The van der Waals surface area contributed by atoms with E-state index in [0.29, 0.717) is 13.0 Å². The molecule has 0 aliphatic rings. The minimum atomic E-state index is -4.06. The smallest absolute Gasteiger partial charge is 0.326 e. The van der Waals surface area contributed by atoms with Gasteiger partial charge in [0, 0.05) is 12.1 Å². The lowest BCUT2D eigenvalue weighted by Gasteiger charge is -2.23. The van der Waals surface area contributed by atoms with Crippen molar-refractivity contribution in [3.63, 3.8) is 0 Å². The largest absolute Gasteiger partial charge is 0.390 e. The van der Waals surface area contributed by atoms with Crippen LogP contribution in [0, 0.1) is 0 Å². The normalized spacial score (nSPS) is 13.7. The average molecular weight is 212 g/mol. The van der Waals surface area contributed by atoms with E-state index in [1.807, 2.05) is 13.8 Å². The molecule has 0 saturated heterocycles. The molecule has 0 atom stereocenters. The van der Waals surface area contributed by atoms with Gasteiger partial charge in [-0.1, -0.05) is 0 Å². The zero-order chi connectivity index (χ0) is 11.4. The van der Waals surface area contributed by atoms with Crippen molar-refractivity contribution in [2.24, 2.45) is 5.73 Å². The first-order valence-corrected chi connectivity index (χ1v) is 4.64. The molecule has 14 heavy (non-hydrogen) atoms. The zero-order valence-corrected chi connectivity index (χ0v) is 8.99. The number of hydrogen-bond donors (Lipinski definition) is 1. The van der Waals surface area contributed by atoms with E-state index < -0.39 is 12.6 Å². The number of nitrogens with two attached hydrogens (primary N) is 1. The second-order valence-corrected chi connectivity index (χ2v) is 4.41. The summed E-state index contributed by atoms with van der Waals surface area (Å²) in [6.07, 6.45) is -4.12. The van der Waals surface area contributed by atoms with Gasteiger partial charge in [-0.15, -0.1) is 0 Å². The van der Waals surface area contributed by atoms with Crippen molar-refractivity contribution in [3.05, 3.63) is 0 Å². The van der Waals surface area contributed by atoms with Crippen LogP contribution in [0.4, 0.5) is 13.2 Å². The number of rotatable bonds is 5. The van der Waals surface area contributed by atoms with Crippen LogP contribution in [-0.4, -0.2) is 36.8 Å². The van der Waals surface area contributed by atoms with E-state index in [0.717, 1.165) is 0 Å². The summed E-state index contributed by atoms with van der Waals surface area (Å²) in [5.74, 6) is 0. The standard InChI is InChI=1S/C9H19F3N2/c1-8(2,13)4-6-14(3)7-5-9(10,11)12/h4-7,13H2,1-3H3. The van der Waals surface area contributed by atoms with Crippen LogP contribution in [0.2, 0.25) is 0 Å². The van der Waals surface area contributed by atoms with Crippen LogP contribution < -0.4 is 5.73 Å². The molecule has 0 fully saturated rings. The lowest BCUT2D eigenvalue weighted by molar-refractivity contribution is -0.137. The molecule has 86 valence electrons. The summed E-state index contributed by atoms with van der Waals surface area (Å²) >= 11 is 0. The highest BCUT2D eigenvalue weighted by Crippen LogP contribution is 2.19. The molecule has 2 nitrogen and oxygen atoms in total. The Kier molecular flexibility index (Phi) is 4.88. The molecule has 2 N–H and O–H groups in total. The molecule has 0 spiro atoms. The third kappa shape index (κ3) is 9.80. The Morgan fingerprint density at radius 2 is 1.50 bits per heavy atom. The van der Waals surface area contributed by atoms with Gasteiger partial charge in [-0.25, -0.2) is 0 Å². The van der Waals surface area contributed by atoms with Gasteiger partial charge in [-0.3, -0.25) is 0 Å². The van der Waals surface area contributed by atoms with E-state index in [2.05, 4.69) is 0 Å². The van der Waals surface area contributed by atoms with Crippen molar-refractivity contribution in [2.75, 3.05) is 20.1 Å². The first-order chi connectivity index (χ1) is 6.10. The Balaban J connectivity index is 3.62. The Morgan fingerprint density at radius 3 is 1.86 bits per heavy atom. The molecule has 0 aromatic heterocycles. The first-order valence-electron chi connectivity index (χ1n) is 4.64. The topological polar surface area (TPSA) is 29.3 Å². The lowest BCUT2D eigenvalue weighted by Crippen LogP contribution is -2.37. The van der Waals surface area contributed by atoms with Crippen molar-refractivity contribution in [3.8, 4) is 0 Å². The average Bonchev–Trinajstić information content (AvgIpc) is 1.94. The summed E-state index contributed by atoms with van der Waals surface area (Å²) in [7, 11) is 1.68. The second-order valence-electron chi connectivity index (χ2n) is 4.41. The molecule has 0 aliphatic carbocycles. The summed E-state index contributed by atoms with van der Waals surface area (Å²) in [4.78, 5) is 1.65. The molecule has 0 aromatic carbocycles. The molecule has 0 aliphatic heterocycles. The van der Waals surface area contributed by atoms with E-state index in [9.17, 15) is 13.2 Å². The molecule has 0 rings (SSSR count). The van der Waals surface area contributed by atoms with Crippen LogP contribution in [0.3, 0.4) is 0 Å². The quantitative estimate of drug-likeness (QED) is 0.755. The molecule has 0 saturated carbocycles. The fourth-order valence-electron chi connectivity index (χ4n) is 0.908. The fraction of sp³-hybridized carbons (Fsp3) is 1.00. The van der Waals surface area contributed by atoms with Crippen molar-refractivity contribution in [2.45, 2.75) is 38.4 Å². The van der Waals surface area contributed by atoms with Crippen LogP contribution in [0.25, 0.3) is 0 Å². The summed E-state index contributed by atoms with van der Waals surface area (Å²) in [6.45, 7) is 4.37. The summed E-state index contributed by atoms with van der Waals surface area (Å²) in [5.41, 5.74) is 5.40. The minimum Gasteiger partial charge on any atom is -0.326 e. The molecule has 5 heteroatoms. The van der Waals surface area contributed by atoms with Gasteiger partial charge in [0.05, 0.1) is 6.42 Å². The first kappa shape index (κ1) is 13.7. The van der Waals surface area contributed by atoms with Crippen LogP contribution in [0.15, 0.2) is 0 Å². The Morgan fingerprint density at radius 1 is 1.07 bits per heavy atom. The monoisotopic (exact) mass is 212 g/mol. The Labute approximate surface area is 83.3 Å². The SMILES string of the molecule is CN(CCC(C)(C)N)CCC(F)(F)F. The van der Waals surface area contributed by atoms with Crippen molar-refractivity contribution in [1.82, 2.24) is 4.90 Å². The fourth-order valence-corrected chi connectivity index (χ4v) is 0.908. The predicted molar refractivity (Wildman–Crippen MR) is 51.1 cm³/mol. The maximum Gasteiger partial charge on any atom is 0.390 e. The van der Waals surface area contributed by atoms with E-state index in [1.54, 1.807) is 11.9 Å². The van der Waals surface area contributed by atoms with Gasteiger partial charge in [-0.2, -0.15) is 13.2 Å². The summed E-state index contributed by atoms with van der Waals surface area (Å²) in [5, 5.41) is 0. The zero-order valence-electron chi connectivity index (χ0n) is 8.99. The van der Waals surface area contributed by atoms with Gasteiger partial charge in [0.2, 0.25) is 0 Å². The van der Waals surface area contributed by atoms with E-state index in [-0.39, 0.29) is 12.1 Å². The second kappa shape index (κ2) is 4.98. The van der Waals surface area contributed by atoms with Gasteiger partial charge >= 0.3 is 6.18 Å². The molecule has 0 bridgehead atoms. The molecule has 0 aromatic rings. The molecule has 0 radical (unpaired) electrons. The van der Waals surface area contributed by atoms with Crippen LogP contribution in [0.5, 0.6) is 0 Å². The van der Waals surface area contributed by atoms with E-state index >= 15 is 0 Å². The number of hydrogen-bond acceptors (Lipinski definition) is 2. The van der Waals surface area contributed by atoms with Crippen LogP contribution in [0.1, 0.15) is 26.7 Å². The third-order valence-electron chi connectivity index (χ3n) is 1.91. The number of alkyl halides is 3. The number of nitrogens with zero attached hydrogens (tertiary/aromatic N) is 1. The Hall–Kier alpha value is -0.290. The molecule has 0 unspecified atom stereocenters. The highest BCUT2D eigenvalue weighted by atomic mass is 19.4. The third-order valence-corrected chi connectivity index (χ3v) is 1.91. The maximum atomic E-state index is 11.8. The van der Waals surface area contributed by atoms with Gasteiger partial charge in [0.25, 0.3) is 0 Å². The maximum absolute atomic E-state index is 11.8. The van der Waals surface area contributed by atoms with Crippen LogP contribution >= 0.6 is 0 Å². The van der Waals surface area contributed by atoms with Crippen molar-refractivity contribution >= 4 is 0 Å². The van der Waals surface area contributed by atoms with Crippen molar-refractivity contribution in [1.29, 1.82) is 0 Å². The van der Waals surface area contributed by atoms with Gasteiger partial charge in [0.1, 0.15) is 0 Å². The minimum absolute atomic E-state index is 0.0413. The van der Waals surface area contributed by atoms with E-state index in [1.165, 1.54) is 0 Å². The highest BCUT2D eigenvalue weighted by molar-refractivity contribution is 4.73. The molecule has 0 amide bonds. The van der Waals surface area contributed by atoms with Crippen molar-refractivity contribution < 1.29 is 13.2 Å². The molecular formula is C9H19F3N2. The Bertz CT molecular complexity index is 142. The van der Waals surface area contributed by atoms with Gasteiger partial charge in [0.15, 0.2) is 0 Å². The lowest BCUT2D eigenvalue weighted by atomic mass is 10.0. The van der Waals surface area contributed by atoms with Gasteiger partial charge < -0.3 is 10.6 Å². The highest BCUT2D eigenvalue weighted by Gasteiger charge is 2.27.